The van der Waals surface area contributed by atoms with Crippen LogP contribution >= 0.6 is 0 Å². The summed E-state index contributed by atoms with van der Waals surface area (Å²) in [6, 6.07) is 13.4. The number of hydrogen-bond acceptors (Lipinski definition) is 4. The van der Waals surface area contributed by atoms with Crippen LogP contribution < -0.4 is 9.62 Å². The Balaban J connectivity index is 1.65. The summed E-state index contributed by atoms with van der Waals surface area (Å²) >= 11 is 0. The minimum absolute atomic E-state index is 0.223. The van der Waals surface area contributed by atoms with Crippen molar-refractivity contribution in [2.75, 3.05) is 30.7 Å². The van der Waals surface area contributed by atoms with Crippen molar-refractivity contribution in [2.24, 2.45) is 0 Å². The van der Waals surface area contributed by atoms with Crippen LogP contribution in [0.3, 0.4) is 0 Å². The number of benzene rings is 2. The summed E-state index contributed by atoms with van der Waals surface area (Å²) in [5.74, 6) is -0.223. The lowest BCUT2D eigenvalue weighted by atomic mass is 10.1. The van der Waals surface area contributed by atoms with Crippen LogP contribution in [0.4, 0.5) is 5.69 Å². The third-order valence-electron chi connectivity index (χ3n) is 5.61. The molecule has 30 heavy (non-hydrogen) atoms. The van der Waals surface area contributed by atoms with E-state index in [0.717, 1.165) is 37.0 Å². The highest BCUT2D eigenvalue weighted by molar-refractivity contribution is 7.92. The maximum absolute atomic E-state index is 12.7. The van der Waals surface area contributed by atoms with Gasteiger partial charge in [0, 0.05) is 25.7 Å². The fourth-order valence-corrected chi connectivity index (χ4v) is 4.32. The highest BCUT2D eigenvalue weighted by atomic mass is 32.2. The lowest BCUT2D eigenvalue weighted by Gasteiger charge is -2.26. The van der Waals surface area contributed by atoms with Crippen molar-refractivity contribution in [3.05, 3.63) is 64.7 Å². The van der Waals surface area contributed by atoms with E-state index in [1.807, 2.05) is 19.1 Å². The number of sulfonamides is 1. The Morgan fingerprint density at radius 3 is 2.47 bits per heavy atom. The van der Waals surface area contributed by atoms with Gasteiger partial charge in [-0.3, -0.25) is 14.0 Å². The molecule has 1 saturated heterocycles. The van der Waals surface area contributed by atoms with E-state index in [1.54, 1.807) is 18.2 Å². The zero-order chi connectivity index (χ0) is 21.7. The summed E-state index contributed by atoms with van der Waals surface area (Å²) in [6.07, 6.45) is 5.00. The molecule has 7 heteroatoms. The van der Waals surface area contributed by atoms with Gasteiger partial charge in [-0.15, -0.1) is 0 Å². The lowest BCUT2D eigenvalue weighted by Crippen LogP contribution is -2.29. The highest BCUT2D eigenvalue weighted by Crippen LogP contribution is 2.23. The number of piperidine rings is 1. The topological polar surface area (TPSA) is 69.7 Å². The van der Waals surface area contributed by atoms with Gasteiger partial charge >= 0.3 is 0 Å². The number of likely N-dealkylation sites (tertiary alicyclic amines) is 1. The number of anilines is 1. The molecule has 1 amide bonds. The summed E-state index contributed by atoms with van der Waals surface area (Å²) in [6.45, 7) is 5.50. The van der Waals surface area contributed by atoms with E-state index in [-0.39, 0.29) is 5.91 Å². The Morgan fingerprint density at radius 2 is 1.77 bits per heavy atom. The number of aryl methyl sites for hydroxylation is 1. The molecule has 2 aromatic carbocycles. The van der Waals surface area contributed by atoms with Crippen LogP contribution in [0.25, 0.3) is 0 Å². The molecule has 0 spiro atoms. The van der Waals surface area contributed by atoms with Gasteiger partial charge in [0.15, 0.2) is 0 Å². The molecule has 1 aliphatic rings. The molecule has 162 valence electrons. The van der Waals surface area contributed by atoms with Crippen LogP contribution in [0.5, 0.6) is 0 Å². The first-order valence-electron chi connectivity index (χ1n) is 10.4. The molecule has 0 aliphatic carbocycles. The fraction of sp³-hybridized carbons (Fsp3) is 0.435. The SMILES string of the molecule is Cc1ccc(C(=O)NCc2cccc(CN3CCCCC3)c2)cc1N(C)S(C)(=O)=O. The third kappa shape index (κ3) is 5.83. The molecule has 0 bridgehead atoms. The van der Waals surface area contributed by atoms with Crippen molar-refractivity contribution < 1.29 is 13.2 Å². The third-order valence-corrected chi connectivity index (χ3v) is 6.80. The van der Waals surface area contributed by atoms with Gasteiger partial charge in [0.1, 0.15) is 0 Å². The van der Waals surface area contributed by atoms with Crippen molar-refractivity contribution in [2.45, 2.75) is 39.3 Å². The molecule has 0 saturated carbocycles. The normalized spacial score (nSPS) is 15.0. The zero-order valence-corrected chi connectivity index (χ0v) is 18.8. The average Bonchev–Trinajstić information content (AvgIpc) is 2.72. The minimum atomic E-state index is -3.40. The van der Waals surface area contributed by atoms with Crippen molar-refractivity contribution in [3.63, 3.8) is 0 Å². The highest BCUT2D eigenvalue weighted by Gasteiger charge is 2.17. The average molecular weight is 430 g/mol. The van der Waals surface area contributed by atoms with Gasteiger partial charge in [-0.25, -0.2) is 8.42 Å². The van der Waals surface area contributed by atoms with Crippen molar-refractivity contribution in [3.8, 4) is 0 Å². The van der Waals surface area contributed by atoms with Crippen LogP contribution in [0, 0.1) is 6.92 Å². The molecule has 0 radical (unpaired) electrons. The van der Waals surface area contributed by atoms with Gasteiger partial charge in [0.25, 0.3) is 5.91 Å². The molecule has 0 atom stereocenters. The Morgan fingerprint density at radius 1 is 1.07 bits per heavy atom. The Kier molecular flexibility index (Phi) is 7.15. The maximum Gasteiger partial charge on any atom is 0.251 e. The Hall–Kier alpha value is -2.38. The molecule has 6 nitrogen and oxygen atoms in total. The van der Waals surface area contributed by atoms with Gasteiger partial charge in [-0.05, 0) is 61.7 Å². The van der Waals surface area contributed by atoms with E-state index >= 15 is 0 Å². The van der Waals surface area contributed by atoms with Gasteiger partial charge in [0.05, 0.1) is 11.9 Å². The monoisotopic (exact) mass is 429 g/mol. The molecular weight excluding hydrogens is 398 g/mol. The van der Waals surface area contributed by atoms with Gasteiger partial charge in [-0.1, -0.05) is 36.8 Å². The first kappa shape index (κ1) is 22.3. The second-order valence-corrected chi connectivity index (χ2v) is 10.1. The molecule has 2 aromatic rings. The van der Waals surface area contributed by atoms with Crippen LogP contribution in [-0.2, 0) is 23.1 Å². The molecule has 0 unspecified atom stereocenters. The number of rotatable bonds is 7. The molecule has 1 heterocycles. The van der Waals surface area contributed by atoms with Gasteiger partial charge in [0.2, 0.25) is 10.0 Å². The molecule has 1 aliphatic heterocycles. The first-order valence-corrected chi connectivity index (χ1v) is 12.2. The van der Waals surface area contributed by atoms with Crippen molar-refractivity contribution in [1.82, 2.24) is 10.2 Å². The summed E-state index contributed by atoms with van der Waals surface area (Å²) < 4.78 is 24.9. The first-order chi connectivity index (χ1) is 14.2. The molecule has 1 fully saturated rings. The van der Waals surface area contributed by atoms with E-state index in [9.17, 15) is 13.2 Å². The Labute approximate surface area is 179 Å². The number of nitrogens with one attached hydrogen (secondary N) is 1. The van der Waals surface area contributed by atoms with E-state index in [4.69, 9.17) is 0 Å². The number of nitrogens with zero attached hydrogens (tertiary/aromatic N) is 2. The fourth-order valence-electron chi connectivity index (χ4n) is 3.77. The minimum Gasteiger partial charge on any atom is -0.348 e. The molecule has 3 rings (SSSR count). The number of amides is 1. The summed E-state index contributed by atoms with van der Waals surface area (Å²) in [5, 5.41) is 2.95. The smallest absolute Gasteiger partial charge is 0.251 e. The van der Waals surface area contributed by atoms with Gasteiger partial charge < -0.3 is 5.32 Å². The molecule has 0 aromatic heterocycles. The van der Waals surface area contributed by atoms with Gasteiger partial charge in [-0.2, -0.15) is 0 Å². The van der Waals surface area contributed by atoms with Crippen LogP contribution in [0.2, 0.25) is 0 Å². The van der Waals surface area contributed by atoms with E-state index in [2.05, 4.69) is 22.3 Å². The standard InChI is InChI=1S/C23H31N3O3S/c1-18-10-11-21(15-22(18)25(2)30(3,28)29)23(27)24-16-19-8-7-9-20(14-19)17-26-12-5-4-6-13-26/h7-11,14-15H,4-6,12-13,16-17H2,1-3H3,(H,24,27). The quantitative estimate of drug-likeness (QED) is 0.733. The summed E-state index contributed by atoms with van der Waals surface area (Å²) in [5.41, 5.74) is 4.06. The van der Waals surface area contributed by atoms with Crippen molar-refractivity contribution in [1.29, 1.82) is 0 Å². The second kappa shape index (κ2) is 9.62. The van der Waals surface area contributed by atoms with Crippen molar-refractivity contribution >= 4 is 21.6 Å². The number of carbonyl (C=O) groups is 1. The van der Waals surface area contributed by atoms with E-state index in [1.165, 1.54) is 36.2 Å². The predicted octanol–water partition coefficient (Wildman–Crippen LogP) is 3.31. The lowest BCUT2D eigenvalue weighted by molar-refractivity contribution is 0.0951. The summed E-state index contributed by atoms with van der Waals surface area (Å²) in [7, 11) is -1.90. The summed E-state index contributed by atoms with van der Waals surface area (Å²) in [4.78, 5) is 15.1. The largest absolute Gasteiger partial charge is 0.348 e. The van der Waals surface area contributed by atoms with Crippen LogP contribution in [-0.4, -0.2) is 45.6 Å². The predicted molar refractivity (Wildman–Crippen MR) is 121 cm³/mol. The zero-order valence-electron chi connectivity index (χ0n) is 18.0. The second-order valence-electron chi connectivity index (χ2n) is 8.07. The van der Waals surface area contributed by atoms with E-state index in [0.29, 0.717) is 17.8 Å². The van der Waals surface area contributed by atoms with Crippen LogP contribution in [0.1, 0.15) is 46.3 Å². The number of carbonyl (C=O) groups excluding carboxylic acids is 1. The Bertz CT molecular complexity index is 999. The van der Waals surface area contributed by atoms with Crippen LogP contribution in [0.15, 0.2) is 42.5 Å². The maximum atomic E-state index is 12.7. The molecule has 1 N–H and O–H groups in total. The van der Waals surface area contributed by atoms with E-state index < -0.39 is 10.0 Å². The number of hydrogen-bond donors (Lipinski definition) is 1. The molecular formula is C23H31N3O3S.